The molecule has 0 saturated carbocycles. The molecule has 0 spiro atoms. The molecule has 3 aromatic rings. The molecule has 0 amide bonds. The van der Waals surface area contributed by atoms with E-state index < -0.39 is 0 Å². The highest BCUT2D eigenvalue weighted by Crippen LogP contribution is 2.31. The largest absolute Gasteiger partial charge is 0.384 e. The van der Waals surface area contributed by atoms with Gasteiger partial charge in [0.15, 0.2) is 0 Å². The van der Waals surface area contributed by atoms with E-state index in [0.29, 0.717) is 16.7 Å². The van der Waals surface area contributed by atoms with E-state index in [9.17, 15) is 0 Å². The number of anilines is 1. The molecule has 0 aliphatic carbocycles. The molecule has 2 N–H and O–H groups in total. The second-order valence-electron chi connectivity index (χ2n) is 4.87. The van der Waals surface area contributed by atoms with E-state index in [-0.39, 0.29) is 0 Å². The van der Waals surface area contributed by atoms with Gasteiger partial charge in [0.05, 0.1) is 11.4 Å². The summed E-state index contributed by atoms with van der Waals surface area (Å²) in [5.74, 6) is 1.13. The average molecular weight is 312 g/mol. The fourth-order valence-corrected chi connectivity index (χ4v) is 2.44. The van der Waals surface area contributed by atoms with Crippen molar-refractivity contribution < 1.29 is 0 Å². The van der Waals surface area contributed by atoms with Gasteiger partial charge in [-0.1, -0.05) is 17.7 Å². The second-order valence-corrected chi connectivity index (χ2v) is 5.31. The number of aryl methyl sites for hydroxylation is 1. The molecule has 3 rings (SSSR count). The van der Waals surface area contributed by atoms with Crippen LogP contribution in [0.2, 0.25) is 5.02 Å². The van der Waals surface area contributed by atoms with Gasteiger partial charge >= 0.3 is 0 Å². The van der Waals surface area contributed by atoms with Gasteiger partial charge in [-0.15, -0.1) is 0 Å². The molecule has 22 heavy (non-hydrogen) atoms. The van der Waals surface area contributed by atoms with E-state index in [4.69, 9.17) is 17.3 Å². The van der Waals surface area contributed by atoms with Gasteiger partial charge in [-0.2, -0.15) is 0 Å². The molecule has 6 heteroatoms. The lowest BCUT2D eigenvalue weighted by atomic mass is 10.2. The Bertz CT molecular complexity index is 853. The highest BCUT2D eigenvalue weighted by Gasteiger charge is 2.11. The number of nitrogens with zero attached hydrogens (tertiary/aromatic N) is 4. The van der Waals surface area contributed by atoms with Crippen molar-refractivity contribution >= 4 is 30.0 Å². The summed E-state index contributed by atoms with van der Waals surface area (Å²) in [5, 5.41) is 0.664. The molecule has 0 fully saturated rings. The first-order chi connectivity index (χ1) is 10.6. The van der Waals surface area contributed by atoms with Crippen molar-refractivity contribution in [1.29, 1.82) is 0 Å². The molecule has 5 nitrogen and oxygen atoms in total. The van der Waals surface area contributed by atoms with E-state index in [1.807, 2.05) is 42.0 Å². The fourth-order valence-electron chi connectivity index (χ4n) is 2.28. The van der Waals surface area contributed by atoms with Crippen LogP contribution in [0.25, 0.3) is 16.9 Å². The summed E-state index contributed by atoms with van der Waals surface area (Å²) in [6.45, 7) is 5.65. The van der Waals surface area contributed by atoms with Crippen LogP contribution in [0.15, 0.2) is 47.8 Å². The zero-order valence-electron chi connectivity index (χ0n) is 12.0. The number of hydrogen-bond donors (Lipinski definition) is 1. The summed E-state index contributed by atoms with van der Waals surface area (Å²) >= 11 is 6.11. The van der Waals surface area contributed by atoms with E-state index in [0.717, 1.165) is 22.5 Å². The smallest absolute Gasteiger partial charge is 0.137 e. The van der Waals surface area contributed by atoms with Crippen molar-refractivity contribution in [2.24, 2.45) is 4.99 Å². The zero-order valence-corrected chi connectivity index (χ0v) is 12.7. The van der Waals surface area contributed by atoms with Gasteiger partial charge < -0.3 is 10.3 Å². The van der Waals surface area contributed by atoms with Crippen molar-refractivity contribution in [3.05, 3.63) is 53.4 Å². The zero-order chi connectivity index (χ0) is 15.7. The fraction of sp³-hybridized carbons (Fsp3) is 0.0625. The first-order valence-electron chi connectivity index (χ1n) is 6.62. The van der Waals surface area contributed by atoms with Crippen LogP contribution in [0.5, 0.6) is 0 Å². The summed E-state index contributed by atoms with van der Waals surface area (Å²) in [5.41, 5.74) is 9.36. The standard InChI is InChI=1S/C16H14ClN5/c1-10-3-4-12(17)6-14(10)22-8-11(5-16(22)19-2)13-7-15(18)21-9-20-13/h3-9H,2H2,1H3,(H2,18,20,21). The maximum Gasteiger partial charge on any atom is 0.137 e. The van der Waals surface area contributed by atoms with Crippen LogP contribution < -0.4 is 5.73 Å². The Hall–Kier alpha value is -2.66. The molecule has 0 atom stereocenters. The third-order valence-electron chi connectivity index (χ3n) is 3.38. The van der Waals surface area contributed by atoms with E-state index in [2.05, 4.69) is 21.7 Å². The summed E-state index contributed by atoms with van der Waals surface area (Å²) in [6, 6.07) is 9.33. The number of nitrogen functional groups attached to an aromatic ring is 1. The molecule has 2 aromatic heterocycles. The molecule has 0 unspecified atom stereocenters. The number of aliphatic imine (C=N–C) groups is 1. The molecule has 0 aliphatic heterocycles. The number of rotatable bonds is 3. The summed E-state index contributed by atoms with van der Waals surface area (Å²) in [7, 11) is 0. The Morgan fingerprint density at radius 3 is 2.77 bits per heavy atom. The van der Waals surface area contributed by atoms with Gasteiger partial charge in [0.1, 0.15) is 18.0 Å². The number of benzene rings is 1. The molecule has 110 valence electrons. The van der Waals surface area contributed by atoms with Crippen LogP contribution in [0.4, 0.5) is 11.6 Å². The Balaban J connectivity index is 2.17. The molecular formula is C16H14ClN5. The summed E-state index contributed by atoms with van der Waals surface area (Å²) in [4.78, 5) is 12.2. The Morgan fingerprint density at radius 1 is 1.23 bits per heavy atom. The van der Waals surface area contributed by atoms with Crippen molar-refractivity contribution in [3.8, 4) is 16.9 Å². The number of halogens is 1. The number of aromatic nitrogens is 3. The Morgan fingerprint density at radius 2 is 2.05 bits per heavy atom. The topological polar surface area (TPSA) is 69.1 Å². The molecule has 2 heterocycles. The first-order valence-corrected chi connectivity index (χ1v) is 7.00. The van der Waals surface area contributed by atoms with E-state index in [1.165, 1.54) is 6.33 Å². The van der Waals surface area contributed by atoms with Crippen molar-refractivity contribution in [3.63, 3.8) is 0 Å². The maximum atomic E-state index is 6.11. The van der Waals surface area contributed by atoms with Crippen LogP contribution in [0, 0.1) is 6.92 Å². The van der Waals surface area contributed by atoms with Crippen LogP contribution in [-0.4, -0.2) is 21.3 Å². The summed E-state index contributed by atoms with van der Waals surface area (Å²) < 4.78 is 1.93. The Labute approximate surface area is 133 Å². The van der Waals surface area contributed by atoms with Gasteiger partial charge in [-0.3, -0.25) is 0 Å². The van der Waals surface area contributed by atoms with Gasteiger partial charge in [0.2, 0.25) is 0 Å². The third kappa shape index (κ3) is 2.58. The highest BCUT2D eigenvalue weighted by atomic mass is 35.5. The second kappa shape index (κ2) is 5.61. The van der Waals surface area contributed by atoms with Crippen LogP contribution in [-0.2, 0) is 0 Å². The van der Waals surface area contributed by atoms with Crippen LogP contribution in [0.3, 0.4) is 0 Å². The predicted octanol–water partition coefficient (Wildman–Crippen LogP) is 3.81. The van der Waals surface area contributed by atoms with E-state index >= 15 is 0 Å². The summed E-state index contributed by atoms with van der Waals surface area (Å²) in [6.07, 6.45) is 3.37. The monoisotopic (exact) mass is 311 g/mol. The lowest BCUT2D eigenvalue weighted by Crippen LogP contribution is -1.95. The van der Waals surface area contributed by atoms with Gasteiger partial charge in [0, 0.05) is 22.8 Å². The van der Waals surface area contributed by atoms with E-state index in [1.54, 1.807) is 6.07 Å². The van der Waals surface area contributed by atoms with Crippen molar-refractivity contribution in [2.75, 3.05) is 5.73 Å². The minimum atomic E-state index is 0.421. The third-order valence-corrected chi connectivity index (χ3v) is 3.61. The predicted molar refractivity (Wildman–Crippen MR) is 90.2 cm³/mol. The highest BCUT2D eigenvalue weighted by molar-refractivity contribution is 6.30. The lowest BCUT2D eigenvalue weighted by molar-refractivity contribution is 1.05. The normalized spacial score (nSPS) is 10.6. The Kier molecular flexibility index (Phi) is 3.65. The lowest BCUT2D eigenvalue weighted by Gasteiger charge is -2.09. The van der Waals surface area contributed by atoms with Crippen molar-refractivity contribution in [1.82, 2.24) is 14.5 Å². The van der Waals surface area contributed by atoms with Gasteiger partial charge in [0.25, 0.3) is 0 Å². The molecule has 0 radical (unpaired) electrons. The number of hydrogen-bond acceptors (Lipinski definition) is 4. The molecule has 1 aromatic carbocycles. The van der Waals surface area contributed by atoms with Gasteiger partial charge in [-0.05, 0) is 37.4 Å². The SMILES string of the molecule is C=Nc1cc(-c2cc(N)ncn2)cn1-c1cc(Cl)ccc1C. The van der Waals surface area contributed by atoms with Gasteiger partial charge in [-0.25, -0.2) is 15.0 Å². The molecule has 0 bridgehead atoms. The molecule has 0 saturated heterocycles. The average Bonchev–Trinajstić information content (AvgIpc) is 2.94. The molecular weight excluding hydrogens is 298 g/mol. The minimum absolute atomic E-state index is 0.421. The van der Waals surface area contributed by atoms with Crippen LogP contribution in [0.1, 0.15) is 5.56 Å². The van der Waals surface area contributed by atoms with Crippen LogP contribution >= 0.6 is 11.6 Å². The minimum Gasteiger partial charge on any atom is -0.384 e. The first kappa shape index (κ1) is 14.3. The number of nitrogens with two attached hydrogens (primary N) is 1. The molecule has 0 aliphatic rings. The van der Waals surface area contributed by atoms with Crippen molar-refractivity contribution in [2.45, 2.75) is 6.92 Å². The maximum absolute atomic E-state index is 6.11. The quantitative estimate of drug-likeness (QED) is 0.748.